The van der Waals surface area contributed by atoms with Crippen LogP contribution in [-0.2, 0) is 14.8 Å². The van der Waals surface area contributed by atoms with Crippen LogP contribution >= 0.6 is 0 Å². The average Bonchev–Trinajstić information content (AvgIpc) is 2.44. The zero-order valence-electron chi connectivity index (χ0n) is 10.3. The highest BCUT2D eigenvalue weighted by molar-refractivity contribution is 7.89. The number of hydrogen-bond donors (Lipinski definition) is 2. The molecule has 8 heteroatoms. The van der Waals surface area contributed by atoms with Crippen molar-refractivity contribution in [2.45, 2.75) is 4.90 Å². The lowest BCUT2D eigenvalue weighted by atomic mass is 10.3. The SMILES string of the molecule is CNC(=O)CNS(=O)(=O)c1ccc2c(c1)OCCO2. The van der Waals surface area contributed by atoms with Crippen molar-refractivity contribution in [3.8, 4) is 11.5 Å². The van der Waals surface area contributed by atoms with E-state index in [9.17, 15) is 13.2 Å². The van der Waals surface area contributed by atoms with E-state index in [4.69, 9.17) is 9.47 Å². The molecule has 0 fully saturated rings. The highest BCUT2D eigenvalue weighted by Gasteiger charge is 2.19. The zero-order valence-corrected chi connectivity index (χ0v) is 11.1. The Morgan fingerprint density at radius 3 is 2.63 bits per heavy atom. The molecule has 1 aromatic carbocycles. The van der Waals surface area contributed by atoms with E-state index >= 15 is 0 Å². The maximum absolute atomic E-state index is 12.0. The topological polar surface area (TPSA) is 93.7 Å². The van der Waals surface area contributed by atoms with Gasteiger partial charge in [-0.3, -0.25) is 4.79 Å². The summed E-state index contributed by atoms with van der Waals surface area (Å²) in [6, 6.07) is 4.31. The molecule has 0 bridgehead atoms. The van der Waals surface area contributed by atoms with Crippen molar-refractivity contribution in [3.63, 3.8) is 0 Å². The van der Waals surface area contributed by atoms with Gasteiger partial charge in [-0.15, -0.1) is 0 Å². The van der Waals surface area contributed by atoms with Gasteiger partial charge in [0.05, 0.1) is 11.4 Å². The van der Waals surface area contributed by atoms with E-state index in [-0.39, 0.29) is 11.4 Å². The molecule has 0 atom stereocenters. The van der Waals surface area contributed by atoms with E-state index in [1.54, 1.807) is 0 Å². The van der Waals surface area contributed by atoms with Gasteiger partial charge in [-0.2, -0.15) is 0 Å². The van der Waals surface area contributed by atoms with E-state index in [2.05, 4.69) is 10.0 Å². The van der Waals surface area contributed by atoms with Crippen LogP contribution in [0.1, 0.15) is 0 Å². The number of hydrogen-bond acceptors (Lipinski definition) is 5. The number of rotatable bonds is 4. The second-order valence-electron chi connectivity index (χ2n) is 3.80. The number of amides is 1. The highest BCUT2D eigenvalue weighted by atomic mass is 32.2. The number of fused-ring (bicyclic) bond motifs is 1. The van der Waals surface area contributed by atoms with Crippen LogP contribution in [0.4, 0.5) is 0 Å². The van der Waals surface area contributed by atoms with Crippen molar-refractivity contribution in [1.29, 1.82) is 0 Å². The largest absolute Gasteiger partial charge is 0.486 e. The zero-order chi connectivity index (χ0) is 13.9. The Morgan fingerprint density at radius 2 is 1.95 bits per heavy atom. The maximum atomic E-state index is 12.0. The monoisotopic (exact) mass is 286 g/mol. The third kappa shape index (κ3) is 3.15. The van der Waals surface area contributed by atoms with Crippen LogP contribution < -0.4 is 19.5 Å². The fourth-order valence-corrected chi connectivity index (χ4v) is 2.52. The van der Waals surface area contributed by atoms with Crippen molar-refractivity contribution in [2.24, 2.45) is 0 Å². The summed E-state index contributed by atoms with van der Waals surface area (Å²) in [6.07, 6.45) is 0. The molecule has 0 saturated heterocycles. The number of likely N-dealkylation sites (N-methyl/N-ethyl adjacent to an activating group) is 1. The summed E-state index contributed by atoms with van der Waals surface area (Å²) < 4.78 is 36.7. The van der Waals surface area contributed by atoms with Crippen molar-refractivity contribution < 1.29 is 22.7 Å². The smallest absolute Gasteiger partial charge is 0.241 e. The van der Waals surface area contributed by atoms with Gasteiger partial charge in [0, 0.05) is 13.1 Å². The summed E-state index contributed by atoms with van der Waals surface area (Å²) in [5.74, 6) is 0.478. The van der Waals surface area contributed by atoms with E-state index in [0.29, 0.717) is 24.7 Å². The molecule has 104 valence electrons. The molecule has 1 heterocycles. The summed E-state index contributed by atoms with van der Waals surface area (Å²) in [4.78, 5) is 11.1. The van der Waals surface area contributed by atoms with Crippen LogP contribution in [0, 0.1) is 0 Å². The quantitative estimate of drug-likeness (QED) is 0.777. The average molecular weight is 286 g/mol. The Kier molecular flexibility index (Phi) is 3.91. The summed E-state index contributed by atoms with van der Waals surface area (Å²) in [6.45, 7) is 0.503. The minimum Gasteiger partial charge on any atom is -0.486 e. The number of sulfonamides is 1. The number of benzene rings is 1. The predicted molar refractivity (Wildman–Crippen MR) is 66.7 cm³/mol. The molecule has 1 amide bonds. The number of carbonyl (C=O) groups is 1. The molecular formula is C11H14N2O5S. The van der Waals surface area contributed by atoms with Crippen molar-refractivity contribution in [3.05, 3.63) is 18.2 Å². The molecule has 0 aliphatic carbocycles. The van der Waals surface area contributed by atoms with Gasteiger partial charge in [0.25, 0.3) is 0 Å². The molecular weight excluding hydrogens is 272 g/mol. The molecule has 1 aromatic rings. The van der Waals surface area contributed by atoms with E-state index in [1.807, 2.05) is 0 Å². The van der Waals surface area contributed by atoms with Gasteiger partial charge in [0.1, 0.15) is 13.2 Å². The normalized spacial score (nSPS) is 13.9. The van der Waals surface area contributed by atoms with E-state index < -0.39 is 15.9 Å². The van der Waals surface area contributed by atoms with Gasteiger partial charge in [0.2, 0.25) is 15.9 Å². The molecule has 0 saturated carbocycles. The molecule has 2 rings (SSSR count). The Hall–Kier alpha value is -1.80. The lowest BCUT2D eigenvalue weighted by molar-refractivity contribution is -0.119. The standard InChI is InChI=1S/C11H14N2O5S/c1-12-11(14)7-13-19(15,16)8-2-3-9-10(6-8)18-5-4-17-9/h2-3,6,13H,4-5,7H2,1H3,(H,12,14). The molecule has 0 unspecified atom stereocenters. The van der Waals surface area contributed by atoms with Gasteiger partial charge in [-0.1, -0.05) is 0 Å². The number of nitrogens with one attached hydrogen (secondary N) is 2. The first-order valence-electron chi connectivity index (χ1n) is 5.63. The molecule has 0 spiro atoms. The first-order chi connectivity index (χ1) is 9.03. The van der Waals surface area contributed by atoms with Crippen LogP contribution in [-0.4, -0.2) is 41.1 Å². The fraction of sp³-hybridized carbons (Fsp3) is 0.364. The summed E-state index contributed by atoms with van der Waals surface area (Å²) in [5, 5.41) is 2.33. The Bertz CT molecular complexity index is 585. The van der Waals surface area contributed by atoms with Gasteiger partial charge < -0.3 is 14.8 Å². The third-order valence-electron chi connectivity index (χ3n) is 2.53. The Labute approximate surface area is 110 Å². The fourth-order valence-electron chi connectivity index (χ4n) is 1.52. The minimum absolute atomic E-state index is 0.0284. The minimum atomic E-state index is -3.75. The van der Waals surface area contributed by atoms with Gasteiger partial charge >= 0.3 is 0 Å². The summed E-state index contributed by atoms with van der Waals surface area (Å²) in [7, 11) is -2.31. The van der Waals surface area contributed by atoms with Crippen molar-refractivity contribution in [2.75, 3.05) is 26.8 Å². The summed E-state index contributed by atoms with van der Waals surface area (Å²) in [5.41, 5.74) is 0. The second kappa shape index (κ2) is 5.45. The third-order valence-corrected chi connectivity index (χ3v) is 3.92. The first kappa shape index (κ1) is 13.6. The predicted octanol–water partition coefficient (Wildman–Crippen LogP) is -0.518. The van der Waals surface area contributed by atoms with Crippen LogP contribution in [0.15, 0.2) is 23.1 Å². The number of carbonyl (C=O) groups excluding carboxylic acids is 1. The molecule has 2 N–H and O–H groups in total. The van der Waals surface area contributed by atoms with Gasteiger partial charge in [-0.25, -0.2) is 13.1 Å². The van der Waals surface area contributed by atoms with Gasteiger partial charge in [-0.05, 0) is 12.1 Å². The van der Waals surface area contributed by atoms with Crippen molar-refractivity contribution in [1.82, 2.24) is 10.0 Å². The lowest BCUT2D eigenvalue weighted by Crippen LogP contribution is -2.35. The molecule has 7 nitrogen and oxygen atoms in total. The Morgan fingerprint density at radius 1 is 1.26 bits per heavy atom. The van der Waals surface area contributed by atoms with Crippen molar-refractivity contribution >= 4 is 15.9 Å². The van der Waals surface area contributed by atoms with E-state index in [0.717, 1.165) is 0 Å². The van der Waals surface area contributed by atoms with Crippen LogP contribution in [0.5, 0.6) is 11.5 Å². The molecule has 1 aliphatic heterocycles. The molecule has 0 radical (unpaired) electrons. The molecule has 19 heavy (non-hydrogen) atoms. The lowest BCUT2D eigenvalue weighted by Gasteiger charge is -2.18. The molecule has 1 aliphatic rings. The van der Waals surface area contributed by atoms with Crippen LogP contribution in [0.25, 0.3) is 0 Å². The van der Waals surface area contributed by atoms with Gasteiger partial charge in [0.15, 0.2) is 11.5 Å². The number of ether oxygens (including phenoxy) is 2. The summed E-state index contributed by atoms with van der Waals surface area (Å²) >= 11 is 0. The maximum Gasteiger partial charge on any atom is 0.241 e. The van der Waals surface area contributed by atoms with Crippen LogP contribution in [0.2, 0.25) is 0 Å². The Balaban J connectivity index is 2.18. The van der Waals surface area contributed by atoms with Crippen LogP contribution in [0.3, 0.4) is 0 Å². The first-order valence-corrected chi connectivity index (χ1v) is 7.11. The molecule has 0 aromatic heterocycles. The van der Waals surface area contributed by atoms with E-state index in [1.165, 1.54) is 25.2 Å². The highest BCUT2D eigenvalue weighted by Crippen LogP contribution is 2.32. The second-order valence-corrected chi connectivity index (χ2v) is 5.57.